The molecule has 11 heteroatoms. The van der Waals surface area contributed by atoms with E-state index in [0.717, 1.165) is 5.69 Å². The number of nitrogens with one attached hydrogen (secondary N) is 2. The van der Waals surface area contributed by atoms with Crippen molar-refractivity contribution in [1.29, 1.82) is 0 Å². The number of imidazole rings is 1. The van der Waals surface area contributed by atoms with Crippen LogP contribution in [0.2, 0.25) is 0 Å². The number of anilines is 3. The van der Waals surface area contributed by atoms with Crippen LogP contribution in [0.5, 0.6) is 0 Å². The maximum atomic E-state index is 12.5. The lowest BCUT2D eigenvalue weighted by molar-refractivity contribution is -0.116. The molecule has 1 aliphatic rings. The summed E-state index contributed by atoms with van der Waals surface area (Å²) in [6, 6.07) is 1.95. The molecule has 3 aromatic heterocycles. The second-order valence-electron chi connectivity index (χ2n) is 6.98. The van der Waals surface area contributed by atoms with Gasteiger partial charge in [-0.2, -0.15) is 15.1 Å². The topological polar surface area (TPSA) is 149 Å². The largest absolute Gasteiger partial charge is 0.393 e. The zero-order valence-corrected chi connectivity index (χ0v) is 15.8. The first-order valence-corrected chi connectivity index (χ1v) is 9.20. The van der Waals surface area contributed by atoms with E-state index >= 15 is 0 Å². The third kappa shape index (κ3) is 3.48. The van der Waals surface area contributed by atoms with E-state index < -0.39 is 0 Å². The Morgan fingerprint density at radius 1 is 1.39 bits per heavy atom. The van der Waals surface area contributed by atoms with Crippen molar-refractivity contribution in [2.45, 2.75) is 51.9 Å². The minimum atomic E-state index is -0.284. The number of aliphatic hydroxyl groups excluding tert-OH is 1. The fraction of sp³-hybridized carbons (Fsp3) is 0.471. The van der Waals surface area contributed by atoms with Crippen molar-refractivity contribution in [2.75, 3.05) is 16.4 Å². The quantitative estimate of drug-likeness (QED) is 0.479. The van der Waals surface area contributed by atoms with Crippen LogP contribution in [0, 0.1) is 6.92 Å². The molecule has 1 saturated carbocycles. The minimum Gasteiger partial charge on any atom is -0.393 e. The second kappa shape index (κ2) is 7.08. The van der Waals surface area contributed by atoms with Gasteiger partial charge < -0.3 is 26.0 Å². The number of aryl methyl sites for hydroxylation is 2. The average Bonchev–Trinajstić information content (AvgIpc) is 3.16. The lowest BCUT2D eigenvalue weighted by Gasteiger charge is -2.32. The number of hydrogen-bond acceptors (Lipinski definition) is 8. The molecule has 11 nitrogen and oxygen atoms in total. The fourth-order valence-electron chi connectivity index (χ4n) is 3.30. The standard InChI is InChI=1S/C17H23N9O2/c1-3-26-12(4-9(2)24-26)21-13(28)7-25-8-19-14-15(20-10-5-11(27)6-10)22-17(18)23-16(14)25/h4,8,10-11,27H,3,5-7H2,1-2H3,(H,21,28)(H3,18,20,22,23). The van der Waals surface area contributed by atoms with Crippen molar-refractivity contribution in [3.63, 3.8) is 0 Å². The molecule has 0 unspecified atom stereocenters. The highest BCUT2D eigenvalue weighted by molar-refractivity contribution is 5.91. The van der Waals surface area contributed by atoms with Gasteiger partial charge >= 0.3 is 0 Å². The van der Waals surface area contributed by atoms with Crippen LogP contribution in [0.15, 0.2) is 12.4 Å². The van der Waals surface area contributed by atoms with Crippen LogP contribution < -0.4 is 16.4 Å². The van der Waals surface area contributed by atoms with Gasteiger partial charge in [0.05, 0.1) is 18.1 Å². The number of hydrogen-bond donors (Lipinski definition) is 4. The maximum Gasteiger partial charge on any atom is 0.245 e. The average molecular weight is 385 g/mol. The molecule has 4 rings (SSSR count). The fourth-order valence-corrected chi connectivity index (χ4v) is 3.30. The molecule has 5 N–H and O–H groups in total. The highest BCUT2D eigenvalue weighted by Gasteiger charge is 2.28. The third-order valence-electron chi connectivity index (χ3n) is 4.72. The van der Waals surface area contributed by atoms with Gasteiger partial charge in [-0.25, -0.2) is 9.67 Å². The molecule has 3 heterocycles. The van der Waals surface area contributed by atoms with Crippen molar-refractivity contribution >= 4 is 34.7 Å². The number of carbonyl (C=O) groups excluding carboxylic acids is 1. The van der Waals surface area contributed by atoms with E-state index in [9.17, 15) is 9.90 Å². The molecule has 1 amide bonds. The second-order valence-corrected chi connectivity index (χ2v) is 6.98. The Morgan fingerprint density at radius 2 is 2.18 bits per heavy atom. The Labute approximate surface area is 161 Å². The number of nitrogens with two attached hydrogens (primary N) is 1. The summed E-state index contributed by atoms with van der Waals surface area (Å²) in [4.78, 5) is 25.3. The van der Waals surface area contributed by atoms with Crippen LogP contribution in [0.1, 0.15) is 25.5 Å². The Balaban J connectivity index is 1.54. The van der Waals surface area contributed by atoms with E-state index in [0.29, 0.717) is 42.2 Å². The molecule has 0 aliphatic heterocycles. The third-order valence-corrected chi connectivity index (χ3v) is 4.72. The van der Waals surface area contributed by atoms with Gasteiger partial charge in [-0.1, -0.05) is 0 Å². The molecule has 28 heavy (non-hydrogen) atoms. The highest BCUT2D eigenvalue weighted by Crippen LogP contribution is 2.27. The van der Waals surface area contributed by atoms with Crippen LogP contribution in [-0.4, -0.2) is 52.5 Å². The number of nitrogen functional groups attached to an aromatic ring is 1. The number of aromatic nitrogens is 6. The summed E-state index contributed by atoms with van der Waals surface area (Å²) in [5.41, 5.74) is 7.70. The van der Waals surface area contributed by atoms with Crippen molar-refractivity contribution < 1.29 is 9.90 Å². The zero-order valence-electron chi connectivity index (χ0n) is 15.8. The normalized spacial score (nSPS) is 18.8. The number of amides is 1. The molecule has 0 aromatic carbocycles. The first kappa shape index (κ1) is 18.2. The minimum absolute atomic E-state index is 0.0302. The molecule has 148 valence electrons. The smallest absolute Gasteiger partial charge is 0.245 e. The molecule has 1 aliphatic carbocycles. The molecule has 3 aromatic rings. The summed E-state index contributed by atoms with van der Waals surface area (Å²) in [7, 11) is 0. The van der Waals surface area contributed by atoms with Gasteiger partial charge in [-0.05, 0) is 26.7 Å². The van der Waals surface area contributed by atoms with Crippen molar-refractivity contribution in [1.82, 2.24) is 29.3 Å². The van der Waals surface area contributed by atoms with Crippen molar-refractivity contribution in [3.05, 3.63) is 18.1 Å². The molecular formula is C17H23N9O2. The van der Waals surface area contributed by atoms with Crippen LogP contribution in [-0.2, 0) is 17.9 Å². The molecule has 1 fully saturated rings. The Kier molecular flexibility index (Phi) is 4.59. The first-order valence-electron chi connectivity index (χ1n) is 9.20. The number of carbonyl (C=O) groups is 1. The van der Waals surface area contributed by atoms with Gasteiger partial charge in [0, 0.05) is 18.7 Å². The van der Waals surface area contributed by atoms with Gasteiger partial charge in [0.2, 0.25) is 11.9 Å². The predicted octanol–water partition coefficient (Wildman–Crippen LogP) is 0.507. The molecule has 0 atom stereocenters. The molecule has 0 saturated heterocycles. The lowest BCUT2D eigenvalue weighted by Crippen LogP contribution is -2.39. The first-order chi connectivity index (χ1) is 13.4. The number of aliphatic hydroxyl groups is 1. The van der Waals surface area contributed by atoms with Crippen LogP contribution in [0.3, 0.4) is 0 Å². The van der Waals surface area contributed by atoms with E-state index in [1.54, 1.807) is 15.6 Å². The predicted molar refractivity (Wildman–Crippen MR) is 104 cm³/mol. The van der Waals surface area contributed by atoms with E-state index in [1.807, 2.05) is 19.9 Å². The van der Waals surface area contributed by atoms with Crippen molar-refractivity contribution in [3.8, 4) is 0 Å². The summed E-state index contributed by atoms with van der Waals surface area (Å²) >= 11 is 0. The van der Waals surface area contributed by atoms with Crippen LogP contribution >= 0.6 is 0 Å². The zero-order chi connectivity index (χ0) is 19.8. The van der Waals surface area contributed by atoms with Gasteiger partial charge in [-0.3, -0.25) is 4.79 Å². The number of rotatable bonds is 6. The highest BCUT2D eigenvalue weighted by atomic mass is 16.3. The Bertz CT molecular complexity index is 1020. The van der Waals surface area contributed by atoms with E-state index in [4.69, 9.17) is 5.73 Å². The number of nitrogens with zero attached hydrogens (tertiary/aromatic N) is 6. The summed E-state index contributed by atoms with van der Waals surface area (Å²) in [6.07, 6.45) is 2.56. The van der Waals surface area contributed by atoms with Crippen LogP contribution in [0.4, 0.5) is 17.6 Å². The van der Waals surface area contributed by atoms with E-state index in [-0.39, 0.29) is 30.5 Å². The SMILES string of the molecule is CCn1nc(C)cc1NC(=O)Cn1cnc2c(NC3CC(O)C3)nc(N)nc21. The van der Waals surface area contributed by atoms with Gasteiger partial charge in [-0.15, -0.1) is 0 Å². The van der Waals surface area contributed by atoms with Crippen LogP contribution in [0.25, 0.3) is 11.2 Å². The molecular weight excluding hydrogens is 362 g/mol. The molecule has 0 radical (unpaired) electrons. The van der Waals surface area contributed by atoms with Gasteiger partial charge in [0.15, 0.2) is 17.0 Å². The molecule has 0 bridgehead atoms. The van der Waals surface area contributed by atoms with E-state index in [1.165, 1.54) is 0 Å². The summed E-state index contributed by atoms with van der Waals surface area (Å²) in [5.74, 6) is 1.03. The van der Waals surface area contributed by atoms with Gasteiger partial charge in [0.1, 0.15) is 12.4 Å². The summed E-state index contributed by atoms with van der Waals surface area (Å²) < 4.78 is 3.36. The van der Waals surface area contributed by atoms with E-state index in [2.05, 4.69) is 30.7 Å². The van der Waals surface area contributed by atoms with Crippen molar-refractivity contribution in [2.24, 2.45) is 0 Å². The summed E-state index contributed by atoms with van der Waals surface area (Å²) in [6.45, 7) is 4.52. The Hall–Kier alpha value is -3.21. The summed E-state index contributed by atoms with van der Waals surface area (Å²) in [5, 5.41) is 19.9. The number of fused-ring (bicyclic) bond motifs is 1. The molecule has 0 spiro atoms. The monoisotopic (exact) mass is 385 g/mol. The Morgan fingerprint density at radius 3 is 2.89 bits per heavy atom. The maximum absolute atomic E-state index is 12.5. The van der Waals surface area contributed by atoms with Gasteiger partial charge in [0.25, 0.3) is 0 Å². The lowest BCUT2D eigenvalue weighted by atomic mass is 9.89.